The van der Waals surface area contributed by atoms with E-state index in [1.807, 2.05) is 42.3 Å². The number of rotatable bonds is 6. The van der Waals surface area contributed by atoms with Crippen molar-refractivity contribution in [3.63, 3.8) is 0 Å². The molecule has 1 aliphatic heterocycles. The number of oxazole rings is 1. The number of benzene rings is 1. The van der Waals surface area contributed by atoms with Gasteiger partial charge in [-0.25, -0.2) is 4.98 Å². The molecule has 0 saturated carbocycles. The van der Waals surface area contributed by atoms with Crippen LogP contribution in [0.2, 0.25) is 0 Å². The third-order valence-corrected chi connectivity index (χ3v) is 5.85. The SMILES string of the molecule is CCn1cc(NC(=O)C2CCN(C(=O)CSc3nc4ccccc4o3)CC2)cn1. The first-order valence-electron chi connectivity index (χ1n) is 9.72. The zero-order chi connectivity index (χ0) is 20.2. The van der Waals surface area contributed by atoms with Crippen LogP contribution in [0.5, 0.6) is 0 Å². The first-order chi connectivity index (χ1) is 14.1. The molecular formula is C20H23N5O3S. The molecular weight excluding hydrogens is 390 g/mol. The molecule has 2 aromatic heterocycles. The molecule has 0 unspecified atom stereocenters. The number of aryl methyl sites for hydroxylation is 1. The zero-order valence-electron chi connectivity index (χ0n) is 16.2. The van der Waals surface area contributed by atoms with E-state index in [9.17, 15) is 9.59 Å². The molecule has 4 rings (SSSR count). The predicted molar refractivity (Wildman–Crippen MR) is 111 cm³/mol. The molecule has 1 aromatic carbocycles. The molecule has 1 N–H and O–H groups in total. The summed E-state index contributed by atoms with van der Waals surface area (Å²) in [4.78, 5) is 31.2. The second kappa shape index (κ2) is 8.69. The highest BCUT2D eigenvalue weighted by molar-refractivity contribution is 7.99. The van der Waals surface area contributed by atoms with Crippen LogP contribution >= 0.6 is 11.8 Å². The molecule has 0 radical (unpaired) electrons. The van der Waals surface area contributed by atoms with Crippen molar-refractivity contribution >= 4 is 40.4 Å². The van der Waals surface area contributed by atoms with Crippen molar-refractivity contribution in [1.29, 1.82) is 0 Å². The van der Waals surface area contributed by atoms with E-state index in [2.05, 4.69) is 15.4 Å². The van der Waals surface area contributed by atoms with Gasteiger partial charge in [-0.15, -0.1) is 0 Å². The van der Waals surface area contributed by atoms with Crippen LogP contribution in [0.3, 0.4) is 0 Å². The lowest BCUT2D eigenvalue weighted by atomic mass is 9.96. The number of nitrogens with zero attached hydrogens (tertiary/aromatic N) is 4. The maximum absolute atomic E-state index is 12.5. The standard InChI is InChI=1S/C20H23N5O3S/c1-2-25-12-15(11-21-25)22-19(27)14-7-9-24(10-8-14)18(26)13-29-20-23-16-5-3-4-6-17(16)28-20/h3-6,11-12,14H,2,7-10,13H2,1H3,(H,22,27). The van der Waals surface area contributed by atoms with Gasteiger partial charge in [0.25, 0.3) is 5.22 Å². The molecule has 152 valence electrons. The minimum Gasteiger partial charge on any atom is -0.431 e. The van der Waals surface area contributed by atoms with Crippen molar-refractivity contribution in [3.05, 3.63) is 36.7 Å². The van der Waals surface area contributed by atoms with Gasteiger partial charge in [-0.2, -0.15) is 5.10 Å². The number of thioether (sulfide) groups is 1. The Morgan fingerprint density at radius 2 is 2.07 bits per heavy atom. The summed E-state index contributed by atoms with van der Waals surface area (Å²) in [6, 6.07) is 7.54. The Bertz CT molecular complexity index is 973. The fourth-order valence-electron chi connectivity index (χ4n) is 3.36. The van der Waals surface area contributed by atoms with Gasteiger partial charge < -0.3 is 14.6 Å². The van der Waals surface area contributed by atoms with Crippen molar-refractivity contribution in [2.24, 2.45) is 5.92 Å². The van der Waals surface area contributed by atoms with Crippen LogP contribution in [0.15, 0.2) is 46.3 Å². The average Bonchev–Trinajstić information content (AvgIpc) is 3.38. The number of anilines is 1. The van der Waals surface area contributed by atoms with Crippen LogP contribution in [0.1, 0.15) is 19.8 Å². The summed E-state index contributed by atoms with van der Waals surface area (Å²) in [7, 11) is 0. The Morgan fingerprint density at radius 1 is 1.28 bits per heavy atom. The number of piperidine rings is 1. The van der Waals surface area contributed by atoms with Gasteiger partial charge in [-0.1, -0.05) is 23.9 Å². The summed E-state index contributed by atoms with van der Waals surface area (Å²) in [5.41, 5.74) is 2.22. The Morgan fingerprint density at radius 3 is 2.79 bits per heavy atom. The summed E-state index contributed by atoms with van der Waals surface area (Å²) in [6.45, 7) is 3.92. The van der Waals surface area contributed by atoms with Gasteiger partial charge in [0.05, 0.1) is 17.6 Å². The Hall–Kier alpha value is -2.81. The number of likely N-dealkylation sites (tertiary alicyclic amines) is 1. The number of aromatic nitrogens is 3. The summed E-state index contributed by atoms with van der Waals surface area (Å²) in [6.07, 6.45) is 4.79. The predicted octanol–water partition coefficient (Wildman–Crippen LogP) is 3.01. The second-order valence-electron chi connectivity index (χ2n) is 6.97. The minimum atomic E-state index is -0.0891. The molecule has 29 heavy (non-hydrogen) atoms. The molecule has 0 spiro atoms. The highest BCUT2D eigenvalue weighted by atomic mass is 32.2. The molecule has 1 fully saturated rings. The largest absolute Gasteiger partial charge is 0.431 e. The lowest BCUT2D eigenvalue weighted by molar-refractivity contribution is -0.132. The molecule has 1 aliphatic rings. The van der Waals surface area contributed by atoms with Crippen molar-refractivity contribution in [2.45, 2.75) is 31.5 Å². The minimum absolute atomic E-state index is 0.00592. The van der Waals surface area contributed by atoms with Gasteiger partial charge in [-0.05, 0) is 31.9 Å². The van der Waals surface area contributed by atoms with Crippen molar-refractivity contribution in [1.82, 2.24) is 19.7 Å². The van der Waals surface area contributed by atoms with Crippen molar-refractivity contribution < 1.29 is 14.0 Å². The molecule has 0 atom stereocenters. The molecule has 3 heterocycles. The van der Waals surface area contributed by atoms with E-state index in [0.29, 0.717) is 36.8 Å². The highest BCUT2D eigenvalue weighted by Gasteiger charge is 2.27. The van der Waals surface area contributed by atoms with Crippen LogP contribution in [-0.2, 0) is 16.1 Å². The van der Waals surface area contributed by atoms with E-state index in [-0.39, 0.29) is 23.5 Å². The highest BCUT2D eigenvalue weighted by Crippen LogP contribution is 2.25. The summed E-state index contributed by atoms with van der Waals surface area (Å²) in [5, 5.41) is 7.58. The normalized spacial score (nSPS) is 15.0. The van der Waals surface area contributed by atoms with Gasteiger partial charge in [0.15, 0.2) is 5.58 Å². The first-order valence-corrected chi connectivity index (χ1v) is 10.7. The molecule has 3 aromatic rings. The van der Waals surface area contributed by atoms with Gasteiger partial charge in [0, 0.05) is 31.7 Å². The number of para-hydroxylation sites is 2. The van der Waals surface area contributed by atoms with Crippen LogP contribution in [-0.4, -0.2) is 50.3 Å². The van der Waals surface area contributed by atoms with Crippen LogP contribution in [0, 0.1) is 5.92 Å². The topological polar surface area (TPSA) is 93.3 Å². The molecule has 8 nitrogen and oxygen atoms in total. The van der Waals surface area contributed by atoms with Gasteiger partial charge in [0.2, 0.25) is 11.8 Å². The summed E-state index contributed by atoms with van der Waals surface area (Å²) < 4.78 is 7.41. The number of amides is 2. The third kappa shape index (κ3) is 4.61. The molecule has 0 aliphatic carbocycles. The maximum atomic E-state index is 12.5. The molecule has 1 saturated heterocycles. The van der Waals surface area contributed by atoms with E-state index in [4.69, 9.17) is 4.42 Å². The zero-order valence-corrected chi connectivity index (χ0v) is 17.0. The van der Waals surface area contributed by atoms with E-state index < -0.39 is 0 Å². The average molecular weight is 414 g/mol. The number of fused-ring (bicyclic) bond motifs is 1. The number of carbonyl (C=O) groups excluding carboxylic acids is 2. The Labute approximate surface area is 172 Å². The Kier molecular flexibility index (Phi) is 5.84. The van der Waals surface area contributed by atoms with Crippen LogP contribution in [0.25, 0.3) is 11.1 Å². The monoisotopic (exact) mass is 413 g/mol. The Balaban J connectivity index is 1.24. The fraction of sp³-hybridized carbons (Fsp3) is 0.400. The van der Waals surface area contributed by atoms with Crippen LogP contribution in [0.4, 0.5) is 5.69 Å². The van der Waals surface area contributed by atoms with E-state index in [1.54, 1.807) is 10.9 Å². The quantitative estimate of drug-likeness (QED) is 0.625. The maximum Gasteiger partial charge on any atom is 0.257 e. The lowest BCUT2D eigenvalue weighted by Crippen LogP contribution is -2.42. The van der Waals surface area contributed by atoms with E-state index in [0.717, 1.165) is 17.6 Å². The van der Waals surface area contributed by atoms with Crippen LogP contribution < -0.4 is 5.32 Å². The van der Waals surface area contributed by atoms with Crippen molar-refractivity contribution in [2.75, 3.05) is 24.2 Å². The van der Waals surface area contributed by atoms with Gasteiger partial charge in [0.1, 0.15) is 5.52 Å². The number of hydrogen-bond acceptors (Lipinski definition) is 6. The number of hydrogen-bond donors (Lipinski definition) is 1. The second-order valence-corrected chi connectivity index (χ2v) is 7.89. The number of carbonyl (C=O) groups is 2. The molecule has 0 bridgehead atoms. The number of nitrogens with one attached hydrogen (secondary N) is 1. The molecule has 9 heteroatoms. The first kappa shape index (κ1) is 19.5. The summed E-state index contributed by atoms with van der Waals surface area (Å²) in [5.74, 6) is 0.225. The smallest absolute Gasteiger partial charge is 0.257 e. The van der Waals surface area contributed by atoms with E-state index in [1.165, 1.54) is 11.8 Å². The fourth-order valence-corrected chi connectivity index (χ4v) is 4.11. The van der Waals surface area contributed by atoms with Gasteiger partial charge in [-0.3, -0.25) is 14.3 Å². The summed E-state index contributed by atoms with van der Waals surface area (Å²) >= 11 is 1.30. The van der Waals surface area contributed by atoms with E-state index >= 15 is 0 Å². The third-order valence-electron chi connectivity index (χ3n) is 5.04. The molecule has 2 amide bonds. The van der Waals surface area contributed by atoms with Gasteiger partial charge >= 0.3 is 0 Å². The lowest BCUT2D eigenvalue weighted by Gasteiger charge is -2.31. The van der Waals surface area contributed by atoms with Crippen molar-refractivity contribution in [3.8, 4) is 0 Å².